The molecule has 0 bridgehead atoms. The van der Waals surface area contributed by atoms with E-state index in [4.69, 9.17) is 11.6 Å². The van der Waals surface area contributed by atoms with E-state index in [0.29, 0.717) is 5.15 Å². The Labute approximate surface area is 100 Å². The Bertz CT molecular complexity index is 275. The fraction of sp³-hybridized carbons (Fsp3) is 0.600. The van der Waals surface area contributed by atoms with Crippen molar-refractivity contribution in [2.75, 3.05) is 25.4 Å². The van der Waals surface area contributed by atoms with Crippen LogP contribution in [0, 0.1) is 0 Å². The molecule has 0 aliphatic rings. The van der Waals surface area contributed by atoms with Gasteiger partial charge >= 0.3 is 0 Å². The minimum Gasteiger partial charge on any atom is -0.303 e. The second kappa shape index (κ2) is 7.04. The maximum Gasteiger partial charge on any atom is 0.151 e. The third-order valence-electron chi connectivity index (χ3n) is 2.16. The highest BCUT2D eigenvalue weighted by molar-refractivity contribution is 7.99. The first-order valence-corrected chi connectivity index (χ1v) is 6.47. The van der Waals surface area contributed by atoms with Crippen LogP contribution in [0.15, 0.2) is 17.2 Å². The summed E-state index contributed by atoms with van der Waals surface area (Å²) in [5.41, 5.74) is 0. The molecule has 1 aromatic heterocycles. The fourth-order valence-corrected chi connectivity index (χ4v) is 2.12. The monoisotopic (exact) mass is 245 g/mol. The Morgan fingerprint density at radius 2 is 2.00 bits per heavy atom. The third-order valence-corrected chi connectivity index (χ3v) is 3.26. The summed E-state index contributed by atoms with van der Waals surface area (Å²) in [4.78, 5) is 2.39. The van der Waals surface area contributed by atoms with Crippen molar-refractivity contribution in [2.24, 2.45) is 0 Å². The number of hydrogen-bond acceptors (Lipinski definition) is 4. The Morgan fingerprint density at radius 3 is 2.53 bits per heavy atom. The molecule has 0 saturated carbocycles. The molecule has 15 heavy (non-hydrogen) atoms. The highest BCUT2D eigenvalue weighted by Gasteiger charge is 2.00. The predicted octanol–water partition coefficient (Wildman–Crippen LogP) is 2.56. The molecular formula is C10H16ClN3S. The van der Waals surface area contributed by atoms with Gasteiger partial charge in [0.05, 0.1) is 0 Å². The minimum atomic E-state index is 0.447. The molecule has 1 rings (SSSR count). The van der Waals surface area contributed by atoms with E-state index in [1.807, 2.05) is 6.07 Å². The lowest BCUT2D eigenvalue weighted by molar-refractivity contribution is 0.324. The van der Waals surface area contributed by atoms with Gasteiger partial charge in [-0.25, -0.2) is 0 Å². The van der Waals surface area contributed by atoms with Crippen LogP contribution in [0.25, 0.3) is 0 Å². The maximum absolute atomic E-state index is 5.65. The van der Waals surface area contributed by atoms with Gasteiger partial charge in [-0.05, 0) is 25.2 Å². The van der Waals surface area contributed by atoms with Crippen LogP contribution in [-0.2, 0) is 0 Å². The van der Waals surface area contributed by atoms with Gasteiger partial charge in [0.2, 0.25) is 0 Å². The fourth-order valence-electron chi connectivity index (χ4n) is 1.20. The molecule has 0 unspecified atom stereocenters. The molecule has 0 fully saturated rings. The molecular weight excluding hydrogens is 230 g/mol. The predicted molar refractivity (Wildman–Crippen MR) is 65.6 cm³/mol. The summed E-state index contributed by atoms with van der Waals surface area (Å²) in [6, 6.07) is 3.68. The smallest absolute Gasteiger partial charge is 0.151 e. The minimum absolute atomic E-state index is 0.447. The van der Waals surface area contributed by atoms with Gasteiger partial charge in [-0.3, -0.25) is 0 Å². The lowest BCUT2D eigenvalue weighted by atomic mass is 10.5. The Kier molecular flexibility index (Phi) is 5.98. The summed E-state index contributed by atoms with van der Waals surface area (Å²) in [7, 11) is 0. The van der Waals surface area contributed by atoms with E-state index in [1.54, 1.807) is 17.8 Å². The summed E-state index contributed by atoms with van der Waals surface area (Å²) < 4.78 is 0. The van der Waals surface area contributed by atoms with Gasteiger partial charge in [0.1, 0.15) is 5.03 Å². The van der Waals surface area contributed by atoms with Crippen LogP contribution in [0.1, 0.15) is 13.8 Å². The molecule has 0 aromatic carbocycles. The van der Waals surface area contributed by atoms with Crippen molar-refractivity contribution in [3.8, 4) is 0 Å². The van der Waals surface area contributed by atoms with E-state index in [-0.39, 0.29) is 0 Å². The molecule has 0 aliphatic heterocycles. The van der Waals surface area contributed by atoms with Crippen LogP contribution in [-0.4, -0.2) is 40.5 Å². The van der Waals surface area contributed by atoms with Crippen LogP contribution in [0.2, 0.25) is 5.15 Å². The van der Waals surface area contributed by atoms with Gasteiger partial charge in [-0.15, -0.1) is 22.0 Å². The van der Waals surface area contributed by atoms with Crippen LogP contribution in [0.5, 0.6) is 0 Å². The molecule has 1 heterocycles. The largest absolute Gasteiger partial charge is 0.303 e. The van der Waals surface area contributed by atoms with E-state index in [0.717, 1.165) is 30.4 Å². The number of hydrogen-bond donors (Lipinski definition) is 0. The summed E-state index contributed by atoms with van der Waals surface area (Å²) >= 11 is 7.36. The number of aromatic nitrogens is 2. The molecule has 5 heteroatoms. The van der Waals surface area contributed by atoms with E-state index in [2.05, 4.69) is 28.9 Å². The highest BCUT2D eigenvalue weighted by Crippen LogP contribution is 2.15. The quantitative estimate of drug-likeness (QED) is 0.721. The molecule has 0 N–H and O–H groups in total. The van der Waals surface area contributed by atoms with Crippen molar-refractivity contribution in [3.05, 3.63) is 17.3 Å². The molecule has 0 amide bonds. The summed E-state index contributed by atoms with van der Waals surface area (Å²) in [6.45, 7) is 7.64. The van der Waals surface area contributed by atoms with E-state index >= 15 is 0 Å². The second-order valence-corrected chi connectivity index (χ2v) is 4.57. The third kappa shape index (κ3) is 4.82. The first-order chi connectivity index (χ1) is 7.26. The number of rotatable bonds is 6. The first-order valence-electron chi connectivity index (χ1n) is 5.10. The SMILES string of the molecule is CCN(CC)CCSc1ccc(Cl)nn1. The van der Waals surface area contributed by atoms with E-state index < -0.39 is 0 Å². The van der Waals surface area contributed by atoms with Crippen molar-refractivity contribution >= 4 is 23.4 Å². The maximum atomic E-state index is 5.65. The summed E-state index contributed by atoms with van der Waals surface area (Å²) in [5, 5.41) is 9.17. The molecule has 0 saturated heterocycles. The van der Waals surface area contributed by atoms with Crippen molar-refractivity contribution in [1.29, 1.82) is 0 Å². The number of halogens is 1. The van der Waals surface area contributed by atoms with Crippen LogP contribution < -0.4 is 0 Å². The van der Waals surface area contributed by atoms with Crippen molar-refractivity contribution in [3.63, 3.8) is 0 Å². The molecule has 84 valence electrons. The van der Waals surface area contributed by atoms with Crippen LogP contribution in [0.3, 0.4) is 0 Å². The summed E-state index contributed by atoms with van der Waals surface area (Å²) in [6.07, 6.45) is 0. The van der Waals surface area contributed by atoms with E-state index in [1.165, 1.54) is 0 Å². The average molecular weight is 246 g/mol. The lowest BCUT2D eigenvalue weighted by Gasteiger charge is -2.16. The van der Waals surface area contributed by atoms with Gasteiger partial charge in [0, 0.05) is 12.3 Å². The number of nitrogens with zero attached hydrogens (tertiary/aromatic N) is 3. The molecule has 0 aliphatic carbocycles. The Balaban J connectivity index is 2.28. The Hall–Kier alpha value is -0.320. The van der Waals surface area contributed by atoms with Crippen molar-refractivity contribution in [1.82, 2.24) is 15.1 Å². The normalized spacial score (nSPS) is 10.9. The zero-order chi connectivity index (χ0) is 11.1. The second-order valence-electron chi connectivity index (χ2n) is 3.07. The van der Waals surface area contributed by atoms with Gasteiger partial charge in [0.15, 0.2) is 5.15 Å². The molecule has 0 radical (unpaired) electrons. The van der Waals surface area contributed by atoms with Crippen molar-refractivity contribution in [2.45, 2.75) is 18.9 Å². The summed E-state index contributed by atoms with van der Waals surface area (Å²) in [5.74, 6) is 1.04. The molecule has 1 aromatic rings. The average Bonchev–Trinajstić information content (AvgIpc) is 2.27. The van der Waals surface area contributed by atoms with Gasteiger partial charge < -0.3 is 4.90 Å². The van der Waals surface area contributed by atoms with Gasteiger partial charge in [-0.2, -0.15) is 0 Å². The molecule has 3 nitrogen and oxygen atoms in total. The van der Waals surface area contributed by atoms with Gasteiger partial charge in [0.25, 0.3) is 0 Å². The lowest BCUT2D eigenvalue weighted by Crippen LogP contribution is -2.25. The van der Waals surface area contributed by atoms with Crippen molar-refractivity contribution < 1.29 is 0 Å². The number of thioether (sulfide) groups is 1. The molecule has 0 atom stereocenters. The zero-order valence-electron chi connectivity index (χ0n) is 9.11. The Morgan fingerprint density at radius 1 is 1.27 bits per heavy atom. The standard InChI is InChI=1S/C10H16ClN3S/c1-3-14(4-2)7-8-15-10-6-5-9(11)12-13-10/h5-6H,3-4,7-8H2,1-2H3. The highest BCUT2D eigenvalue weighted by atomic mass is 35.5. The zero-order valence-corrected chi connectivity index (χ0v) is 10.7. The topological polar surface area (TPSA) is 29.0 Å². The first kappa shape index (κ1) is 12.7. The van der Waals surface area contributed by atoms with E-state index in [9.17, 15) is 0 Å². The van der Waals surface area contributed by atoms with Crippen LogP contribution >= 0.6 is 23.4 Å². The van der Waals surface area contributed by atoms with Gasteiger partial charge in [-0.1, -0.05) is 25.4 Å². The molecule has 0 spiro atoms. The van der Waals surface area contributed by atoms with Crippen LogP contribution in [0.4, 0.5) is 0 Å².